The highest BCUT2D eigenvalue weighted by Gasteiger charge is 2.38. The average molecular weight is 265 g/mol. The van der Waals surface area contributed by atoms with Gasteiger partial charge in [0, 0.05) is 24.3 Å². The Morgan fingerprint density at radius 2 is 2.28 bits per heavy atom. The summed E-state index contributed by atoms with van der Waals surface area (Å²) in [5.74, 6) is 0. The third-order valence-corrected chi connectivity index (χ3v) is 5.54. The minimum absolute atomic E-state index is 0.0680. The first kappa shape index (κ1) is 11.8. The van der Waals surface area contributed by atoms with Gasteiger partial charge in [-0.2, -0.15) is 4.31 Å². The van der Waals surface area contributed by atoms with E-state index in [0.717, 1.165) is 18.5 Å². The Labute approximate surface area is 107 Å². The zero-order chi connectivity index (χ0) is 12.8. The van der Waals surface area contributed by atoms with Gasteiger partial charge in [0.1, 0.15) is 0 Å². The summed E-state index contributed by atoms with van der Waals surface area (Å²) >= 11 is 0. The van der Waals surface area contributed by atoms with Crippen LogP contribution in [0.2, 0.25) is 0 Å². The van der Waals surface area contributed by atoms with Crippen LogP contribution in [0, 0.1) is 0 Å². The molecule has 1 fully saturated rings. The first-order valence-electron chi connectivity index (χ1n) is 6.11. The van der Waals surface area contributed by atoms with E-state index in [0.29, 0.717) is 18.7 Å². The van der Waals surface area contributed by atoms with E-state index >= 15 is 0 Å². The predicted octanol–water partition coefficient (Wildman–Crippen LogP) is 1.16. The van der Waals surface area contributed by atoms with E-state index in [-0.39, 0.29) is 11.1 Å². The van der Waals surface area contributed by atoms with Crippen molar-refractivity contribution in [3.8, 4) is 0 Å². The minimum Gasteiger partial charge on any atom is -0.265 e. The van der Waals surface area contributed by atoms with Gasteiger partial charge in [0.05, 0.1) is 12.2 Å². The molecule has 0 bridgehead atoms. The zero-order valence-electron chi connectivity index (χ0n) is 10.2. The molecule has 0 radical (unpaired) electrons. The van der Waals surface area contributed by atoms with Crippen LogP contribution in [0.4, 0.5) is 0 Å². The molecule has 1 aromatic rings. The largest absolute Gasteiger partial charge is 0.265 e. The lowest BCUT2D eigenvalue weighted by molar-refractivity contribution is 0.417. The number of rotatable bonds is 1. The van der Waals surface area contributed by atoms with Crippen LogP contribution in [0.3, 0.4) is 0 Å². The number of pyridine rings is 1. The monoisotopic (exact) mass is 265 g/mol. The molecule has 18 heavy (non-hydrogen) atoms. The van der Waals surface area contributed by atoms with Crippen LogP contribution >= 0.6 is 0 Å². The van der Waals surface area contributed by atoms with E-state index < -0.39 is 10.0 Å². The number of aliphatic imine (C=N–C) groups is 1. The molecule has 0 aromatic carbocycles. The highest BCUT2D eigenvalue weighted by molar-refractivity contribution is 8.05. The summed E-state index contributed by atoms with van der Waals surface area (Å²) in [6, 6.07) is 3.60. The van der Waals surface area contributed by atoms with Crippen molar-refractivity contribution in [2.45, 2.75) is 32.4 Å². The van der Waals surface area contributed by atoms with Crippen molar-refractivity contribution in [3.05, 3.63) is 29.6 Å². The van der Waals surface area contributed by atoms with Gasteiger partial charge in [-0.3, -0.25) is 9.98 Å². The highest BCUT2D eigenvalue weighted by atomic mass is 32.2. The maximum Gasteiger partial charge on any atom is 0.261 e. The number of hydrogen-bond acceptors (Lipinski definition) is 4. The third kappa shape index (κ3) is 1.67. The predicted molar refractivity (Wildman–Crippen MR) is 68.8 cm³/mol. The molecule has 3 heterocycles. The van der Waals surface area contributed by atoms with Gasteiger partial charge in [0.25, 0.3) is 10.0 Å². The van der Waals surface area contributed by atoms with Crippen molar-refractivity contribution >= 4 is 15.1 Å². The van der Waals surface area contributed by atoms with E-state index in [1.54, 1.807) is 22.6 Å². The van der Waals surface area contributed by atoms with Crippen LogP contribution < -0.4 is 0 Å². The molecular formula is C12H15N3O2S. The quantitative estimate of drug-likeness (QED) is 0.765. The second-order valence-corrected chi connectivity index (χ2v) is 6.53. The summed E-state index contributed by atoms with van der Waals surface area (Å²) in [7, 11) is -3.46. The Hall–Kier alpha value is -1.27. The molecule has 5 nitrogen and oxygen atoms in total. The summed E-state index contributed by atoms with van der Waals surface area (Å²) in [5.41, 5.74) is 1.42. The molecule has 0 saturated carbocycles. The summed E-state index contributed by atoms with van der Waals surface area (Å²) in [5, 5.41) is 0.194. The molecule has 0 N–H and O–H groups in total. The minimum atomic E-state index is -3.46. The molecule has 1 aromatic heterocycles. The van der Waals surface area contributed by atoms with Crippen LogP contribution in [0.15, 0.2) is 23.3 Å². The molecule has 1 unspecified atom stereocenters. The molecule has 96 valence electrons. The smallest absolute Gasteiger partial charge is 0.261 e. The van der Waals surface area contributed by atoms with Gasteiger partial charge in [-0.05, 0) is 31.9 Å². The molecule has 0 aliphatic carbocycles. The van der Waals surface area contributed by atoms with Gasteiger partial charge in [-0.25, -0.2) is 8.42 Å². The Morgan fingerprint density at radius 1 is 1.44 bits per heavy atom. The molecular weight excluding hydrogens is 250 g/mol. The lowest BCUT2D eigenvalue weighted by atomic mass is 10.2. The van der Waals surface area contributed by atoms with Crippen LogP contribution in [-0.2, 0) is 16.6 Å². The maximum atomic E-state index is 12.6. The van der Waals surface area contributed by atoms with Gasteiger partial charge >= 0.3 is 0 Å². The van der Waals surface area contributed by atoms with Gasteiger partial charge in [-0.1, -0.05) is 0 Å². The standard InChI is InChI=1S/C12H15N3O2S/c1-9-4-3-7-15(9)18(16,17)12-10-5-2-6-13-11(10)8-14-12/h2,5-6,9H,3-4,7-8H2,1H3. The molecule has 2 aliphatic heterocycles. The number of hydrogen-bond donors (Lipinski definition) is 0. The van der Waals surface area contributed by atoms with Crippen molar-refractivity contribution in [1.29, 1.82) is 0 Å². The second-order valence-electron chi connectivity index (χ2n) is 4.73. The first-order chi connectivity index (χ1) is 8.60. The third-order valence-electron chi connectivity index (χ3n) is 3.54. The lowest BCUT2D eigenvalue weighted by Crippen LogP contribution is -2.38. The fourth-order valence-electron chi connectivity index (χ4n) is 2.59. The average Bonchev–Trinajstić information content (AvgIpc) is 2.95. The van der Waals surface area contributed by atoms with Crippen molar-refractivity contribution in [2.75, 3.05) is 6.54 Å². The summed E-state index contributed by atoms with van der Waals surface area (Å²) in [6.07, 6.45) is 3.52. The Balaban J connectivity index is 2.02. The van der Waals surface area contributed by atoms with Crippen molar-refractivity contribution in [1.82, 2.24) is 9.29 Å². The fourth-order valence-corrected chi connectivity index (χ4v) is 4.45. The molecule has 1 saturated heterocycles. The number of fused-ring (bicyclic) bond motifs is 1. The van der Waals surface area contributed by atoms with Gasteiger partial charge in [0.15, 0.2) is 5.04 Å². The van der Waals surface area contributed by atoms with E-state index in [2.05, 4.69) is 9.98 Å². The van der Waals surface area contributed by atoms with E-state index in [4.69, 9.17) is 0 Å². The number of nitrogens with zero attached hydrogens (tertiary/aromatic N) is 3. The van der Waals surface area contributed by atoms with Crippen molar-refractivity contribution in [2.24, 2.45) is 4.99 Å². The summed E-state index contributed by atoms with van der Waals surface area (Å²) in [4.78, 5) is 8.35. The fraction of sp³-hybridized carbons (Fsp3) is 0.500. The molecule has 6 heteroatoms. The van der Waals surface area contributed by atoms with Gasteiger partial charge < -0.3 is 0 Å². The second kappa shape index (κ2) is 4.13. The first-order valence-corrected chi connectivity index (χ1v) is 7.55. The van der Waals surface area contributed by atoms with Crippen LogP contribution in [0.1, 0.15) is 31.0 Å². The summed E-state index contributed by atoms with van der Waals surface area (Å²) in [6.45, 7) is 2.91. The Kier molecular flexibility index (Phi) is 2.71. The summed E-state index contributed by atoms with van der Waals surface area (Å²) < 4.78 is 26.7. The van der Waals surface area contributed by atoms with E-state index in [1.807, 2.05) is 6.92 Å². The van der Waals surface area contributed by atoms with E-state index in [1.165, 1.54) is 0 Å². The Morgan fingerprint density at radius 3 is 3.00 bits per heavy atom. The molecule has 1 atom stereocenters. The van der Waals surface area contributed by atoms with Crippen LogP contribution in [0.5, 0.6) is 0 Å². The molecule has 0 spiro atoms. The normalized spacial score (nSPS) is 24.1. The molecule has 2 aliphatic rings. The lowest BCUT2D eigenvalue weighted by Gasteiger charge is -2.20. The van der Waals surface area contributed by atoms with E-state index in [9.17, 15) is 8.42 Å². The van der Waals surface area contributed by atoms with Crippen LogP contribution in [0.25, 0.3) is 0 Å². The highest BCUT2D eigenvalue weighted by Crippen LogP contribution is 2.27. The SMILES string of the molecule is CC1CCCN1S(=O)(=O)C1=NCc2ncccc21. The number of aromatic nitrogens is 1. The topological polar surface area (TPSA) is 62.6 Å². The van der Waals surface area contributed by atoms with Crippen molar-refractivity contribution < 1.29 is 8.42 Å². The molecule has 3 rings (SSSR count). The number of sulfonamides is 1. The van der Waals surface area contributed by atoms with Gasteiger partial charge in [0.2, 0.25) is 0 Å². The molecule has 0 amide bonds. The Bertz CT molecular complexity index is 610. The zero-order valence-corrected chi connectivity index (χ0v) is 11.0. The van der Waals surface area contributed by atoms with Crippen molar-refractivity contribution in [3.63, 3.8) is 0 Å². The maximum absolute atomic E-state index is 12.6. The van der Waals surface area contributed by atoms with Crippen LogP contribution in [-0.4, -0.2) is 35.3 Å². The van der Waals surface area contributed by atoms with Gasteiger partial charge in [-0.15, -0.1) is 0 Å².